The van der Waals surface area contributed by atoms with Crippen molar-refractivity contribution in [3.8, 4) is 28.5 Å². The van der Waals surface area contributed by atoms with Crippen LogP contribution in [0.1, 0.15) is 24.6 Å². The molecule has 9 heteroatoms. The molecule has 1 aliphatic rings. The predicted octanol–water partition coefficient (Wildman–Crippen LogP) is 5.01. The van der Waals surface area contributed by atoms with E-state index in [4.69, 9.17) is 40.6 Å². The van der Waals surface area contributed by atoms with Crippen molar-refractivity contribution in [2.75, 3.05) is 34.0 Å². The highest BCUT2D eigenvalue weighted by Gasteiger charge is 2.40. The summed E-state index contributed by atoms with van der Waals surface area (Å²) in [5, 5.41) is 9.03. The highest BCUT2D eigenvalue weighted by Crippen LogP contribution is 2.39. The molecular formula is C26H26ClFN2O5. The summed E-state index contributed by atoms with van der Waals surface area (Å²) >= 11 is 6.01. The Morgan fingerprint density at radius 3 is 2.46 bits per heavy atom. The van der Waals surface area contributed by atoms with Crippen molar-refractivity contribution in [3.05, 3.63) is 70.6 Å². The average Bonchev–Trinajstić information content (AvgIpc) is 3.34. The van der Waals surface area contributed by atoms with Gasteiger partial charge in [-0.3, -0.25) is 0 Å². The van der Waals surface area contributed by atoms with Gasteiger partial charge in [-0.1, -0.05) is 18.5 Å². The van der Waals surface area contributed by atoms with E-state index < -0.39 is 11.4 Å². The molecule has 35 heavy (non-hydrogen) atoms. The molecule has 2 heterocycles. The van der Waals surface area contributed by atoms with E-state index in [0.29, 0.717) is 53.1 Å². The first kappa shape index (κ1) is 24.8. The topological polar surface area (TPSA) is 82.4 Å². The number of hydrogen-bond donors (Lipinski definition) is 1. The molecule has 0 bridgehead atoms. The maximum atomic E-state index is 13.7. The van der Waals surface area contributed by atoms with Gasteiger partial charge in [-0.2, -0.15) is 0 Å². The number of aliphatic hydroxyl groups excluding tert-OH is 1. The highest BCUT2D eigenvalue weighted by molar-refractivity contribution is 6.31. The molecule has 0 spiro atoms. The molecule has 1 unspecified atom stereocenters. The van der Waals surface area contributed by atoms with E-state index in [1.807, 2.05) is 25.1 Å². The summed E-state index contributed by atoms with van der Waals surface area (Å²) in [6.07, 6.45) is 0.609. The Morgan fingerprint density at radius 1 is 1.03 bits per heavy atom. The van der Waals surface area contributed by atoms with Crippen molar-refractivity contribution in [3.63, 3.8) is 0 Å². The number of aromatic nitrogens is 1. The Kier molecular flexibility index (Phi) is 7.42. The van der Waals surface area contributed by atoms with Gasteiger partial charge in [-0.05, 0) is 55.0 Å². The molecule has 0 saturated heterocycles. The normalized spacial score (nSPS) is 17.0. The number of aliphatic hydroxyl groups is 1. The van der Waals surface area contributed by atoms with Crippen LogP contribution < -0.4 is 14.2 Å². The average molecular weight is 501 g/mol. The molecule has 184 valence electrons. The molecular weight excluding hydrogens is 475 g/mol. The molecule has 1 aromatic heterocycles. The zero-order valence-electron chi connectivity index (χ0n) is 19.7. The van der Waals surface area contributed by atoms with Gasteiger partial charge in [0.25, 0.3) is 0 Å². The van der Waals surface area contributed by atoms with Crippen molar-refractivity contribution < 1.29 is 28.4 Å². The molecule has 3 aromatic rings. The number of methoxy groups -OCH3 is 2. The van der Waals surface area contributed by atoms with Gasteiger partial charge in [0, 0.05) is 11.1 Å². The molecule has 0 amide bonds. The van der Waals surface area contributed by atoms with Crippen molar-refractivity contribution in [2.24, 2.45) is 4.99 Å². The second-order valence-corrected chi connectivity index (χ2v) is 8.29. The van der Waals surface area contributed by atoms with Gasteiger partial charge < -0.3 is 24.1 Å². The Labute approximate surface area is 208 Å². The van der Waals surface area contributed by atoms with Crippen LogP contribution in [0.5, 0.6) is 17.2 Å². The lowest BCUT2D eigenvalue weighted by molar-refractivity contribution is 0.0770. The first-order valence-corrected chi connectivity index (χ1v) is 11.5. The number of rotatable bonds is 9. The third-order valence-electron chi connectivity index (χ3n) is 5.84. The fourth-order valence-electron chi connectivity index (χ4n) is 3.89. The van der Waals surface area contributed by atoms with Gasteiger partial charge in [0.15, 0.2) is 17.1 Å². The van der Waals surface area contributed by atoms with Crippen LogP contribution in [0, 0.1) is 5.82 Å². The lowest BCUT2D eigenvalue weighted by Gasteiger charge is -2.27. The highest BCUT2D eigenvalue weighted by atomic mass is 35.5. The molecule has 2 aromatic carbocycles. The summed E-state index contributed by atoms with van der Waals surface area (Å²) in [6.45, 7) is 2.44. The van der Waals surface area contributed by atoms with Gasteiger partial charge in [-0.25, -0.2) is 14.4 Å². The van der Waals surface area contributed by atoms with Gasteiger partial charge in [-0.15, -0.1) is 0 Å². The second-order valence-electron chi connectivity index (χ2n) is 7.89. The molecule has 0 fully saturated rings. The molecule has 0 aliphatic carbocycles. The molecule has 0 saturated carbocycles. The number of hydrogen-bond acceptors (Lipinski definition) is 7. The Balaban J connectivity index is 1.66. The largest absolute Gasteiger partial charge is 0.494 e. The zero-order chi connectivity index (χ0) is 25.0. The first-order chi connectivity index (χ1) is 16.9. The lowest BCUT2D eigenvalue weighted by atomic mass is 9.95. The second kappa shape index (κ2) is 10.5. The Morgan fingerprint density at radius 2 is 1.77 bits per heavy atom. The van der Waals surface area contributed by atoms with Crippen LogP contribution in [0.3, 0.4) is 0 Å². The molecule has 4 rings (SSSR count). The number of halogens is 2. The summed E-state index contributed by atoms with van der Waals surface area (Å²) in [5.41, 5.74) is 1.77. The summed E-state index contributed by atoms with van der Waals surface area (Å²) in [4.78, 5) is 9.51. The third-order valence-corrected chi connectivity index (χ3v) is 6.13. The van der Waals surface area contributed by atoms with Gasteiger partial charge in [0.2, 0.25) is 5.90 Å². The summed E-state index contributed by atoms with van der Waals surface area (Å²) in [6, 6.07) is 13.5. The molecule has 1 N–H and O–H groups in total. The zero-order valence-corrected chi connectivity index (χ0v) is 20.4. The Bertz CT molecular complexity index is 1250. The third kappa shape index (κ3) is 4.90. The minimum atomic E-state index is -0.792. The first-order valence-electron chi connectivity index (χ1n) is 11.1. The van der Waals surface area contributed by atoms with Crippen LogP contribution in [-0.4, -0.2) is 50.0 Å². The van der Waals surface area contributed by atoms with Gasteiger partial charge >= 0.3 is 0 Å². The van der Waals surface area contributed by atoms with Crippen molar-refractivity contribution >= 4 is 17.5 Å². The van der Waals surface area contributed by atoms with Crippen LogP contribution in [0.4, 0.5) is 4.39 Å². The van der Waals surface area contributed by atoms with Crippen LogP contribution in [0.2, 0.25) is 5.02 Å². The van der Waals surface area contributed by atoms with Crippen LogP contribution >= 0.6 is 11.6 Å². The smallest absolute Gasteiger partial charge is 0.217 e. The summed E-state index contributed by atoms with van der Waals surface area (Å²) in [7, 11) is 3.10. The quantitative estimate of drug-likeness (QED) is 0.444. The minimum absolute atomic E-state index is 0.00468. The van der Waals surface area contributed by atoms with Crippen molar-refractivity contribution in [1.82, 2.24) is 4.98 Å². The molecule has 7 nitrogen and oxygen atoms in total. The Hall–Kier alpha value is -3.36. The van der Waals surface area contributed by atoms with E-state index in [-0.39, 0.29) is 18.2 Å². The van der Waals surface area contributed by atoms with E-state index in [9.17, 15) is 4.39 Å². The number of aliphatic imine (C=N–C) groups is 1. The number of nitrogens with zero attached hydrogens (tertiary/aromatic N) is 2. The lowest BCUT2D eigenvalue weighted by Crippen LogP contribution is -2.31. The molecule has 1 aliphatic heterocycles. The minimum Gasteiger partial charge on any atom is -0.494 e. The van der Waals surface area contributed by atoms with E-state index in [1.54, 1.807) is 32.4 Å². The standard InChI is InChI=1S/C26H26ClFN2O5/c1-4-26(15-29-25(35-26)17-6-8-20(34-12-11-31)22(14-17)33-3)23-10-9-21(32-2)24(30-23)16-5-7-19(28)18(27)13-16/h5-10,13-14,31H,4,11-12,15H2,1-3H3. The number of ether oxygens (including phenoxy) is 4. The van der Waals surface area contributed by atoms with Crippen molar-refractivity contribution in [1.29, 1.82) is 0 Å². The SMILES string of the molecule is CCC1(c2ccc(OC)c(-c3ccc(F)c(Cl)c3)n2)CN=C(c2ccc(OCCO)c(OC)c2)O1. The fourth-order valence-corrected chi connectivity index (χ4v) is 4.07. The van der Waals surface area contributed by atoms with Gasteiger partial charge in [0.05, 0.1) is 38.1 Å². The summed E-state index contributed by atoms with van der Waals surface area (Å²) < 4.78 is 36.6. The maximum absolute atomic E-state index is 13.7. The van der Waals surface area contributed by atoms with E-state index >= 15 is 0 Å². The summed E-state index contributed by atoms with van der Waals surface area (Å²) in [5.74, 6) is 1.52. The molecule has 1 atom stereocenters. The van der Waals surface area contributed by atoms with Crippen LogP contribution in [-0.2, 0) is 10.3 Å². The van der Waals surface area contributed by atoms with Gasteiger partial charge in [0.1, 0.15) is 23.9 Å². The molecule has 0 radical (unpaired) electrons. The maximum Gasteiger partial charge on any atom is 0.217 e. The number of benzene rings is 2. The predicted molar refractivity (Wildman–Crippen MR) is 131 cm³/mol. The fraction of sp³-hybridized carbons (Fsp3) is 0.308. The van der Waals surface area contributed by atoms with Crippen LogP contribution in [0.15, 0.2) is 53.5 Å². The van der Waals surface area contributed by atoms with Crippen molar-refractivity contribution in [2.45, 2.75) is 18.9 Å². The monoisotopic (exact) mass is 500 g/mol. The van der Waals surface area contributed by atoms with E-state index in [2.05, 4.69) is 4.99 Å². The van der Waals surface area contributed by atoms with E-state index in [0.717, 1.165) is 5.56 Å². The van der Waals surface area contributed by atoms with E-state index in [1.165, 1.54) is 12.1 Å². The number of pyridine rings is 1. The van der Waals surface area contributed by atoms with Crippen LogP contribution in [0.25, 0.3) is 11.3 Å².